The highest BCUT2D eigenvalue weighted by Gasteiger charge is 2.10. The Morgan fingerprint density at radius 3 is 2.86 bits per heavy atom. The molecule has 1 atom stereocenters. The molecule has 0 saturated carbocycles. The van der Waals surface area contributed by atoms with Crippen molar-refractivity contribution < 1.29 is 4.79 Å². The van der Waals surface area contributed by atoms with Crippen molar-refractivity contribution in [3.05, 3.63) is 16.7 Å². The number of nitrogens with one attached hydrogen (secondary N) is 1. The molecule has 6 heteroatoms. The van der Waals surface area contributed by atoms with Gasteiger partial charge in [-0.3, -0.25) is 4.79 Å². The highest BCUT2D eigenvalue weighted by molar-refractivity contribution is 9.10. The maximum absolute atomic E-state index is 10.8. The molecule has 0 aliphatic rings. The first-order chi connectivity index (χ1) is 6.50. The quantitative estimate of drug-likeness (QED) is 0.745. The van der Waals surface area contributed by atoms with E-state index in [0.29, 0.717) is 16.0 Å². The first-order valence-electron chi connectivity index (χ1n) is 3.97. The third-order valence-corrected chi connectivity index (χ3v) is 2.25. The zero-order valence-electron chi connectivity index (χ0n) is 7.62. The van der Waals surface area contributed by atoms with Crippen LogP contribution in [0.4, 0.5) is 11.5 Å². The van der Waals surface area contributed by atoms with Crippen LogP contribution in [0.3, 0.4) is 0 Å². The number of nitrogen functional groups attached to an aromatic ring is 1. The van der Waals surface area contributed by atoms with Gasteiger partial charge in [-0.25, -0.2) is 4.98 Å². The van der Waals surface area contributed by atoms with Crippen LogP contribution >= 0.6 is 15.9 Å². The van der Waals surface area contributed by atoms with Gasteiger partial charge in [0, 0.05) is 0 Å². The number of nitrogens with two attached hydrogens (primary N) is 2. The Labute approximate surface area is 90.0 Å². The number of pyridine rings is 1. The van der Waals surface area contributed by atoms with Crippen molar-refractivity contribution in [3.8, 4) is 0 Å². The summed E-state index contributed by atoms with van der Waals surface area (Å²) in [4.78, 5) is 14.8. The molecule has 0 fully saturated rings. The molecule has 0 bridgehead atoms. The predicted molar refractivity (Wildman–Crippen MR) is 58.6 cm³/mol. The van der Waals surface area contributed by atoms with E-state index in [1.807, 2.05) is 0 Å². The summed E-state index contributed by atoms with van der Waals surface area (Å²) in [5.74, 6) is 0.112. The molecule has 0 radical (unpaired) electrons. The van der Waals surface area contributed by atoms with Crippen molar-refractivity contribution >= 4 is 33.3 Å². The molecule has 1 amide bonds. The van der Waals surface area contributed by atoms with E-state index in [4.69, 9.17) is 11.5 Å². The first-order valence-corrected chi connectivity index (χ1v) is 4.77. The van der Waals surface area contributed by atoms with Gasteiger partial charge in [-0.1, -0.05) is 0 Å². The molecular weight excluding hydrogens is 248 g/mol. The van der Waals surface area contributed by atoms with Gasteiger partial charge in [-0.05, 0) is 28.9 Å². The summed E-state index contributed by atoms with van der Waals surface area (Å²) in [7, 11) is 0. The van der Waals surface area contributed by atoms with E-state index in [1.54, 1.807) is 13.0 Å². The molecule has 5 N–H and O–H groups in total. The molecule has 76 valence electrons. The van der Waals surface area contributed by atoms with E-state index >= 15 is 0 Å². The molecule has 0 spiro atoms. The third-order valence-electron chi connectivity index (χ3n) is 1.64. The number of nitrogens with zero attached hydrogens (tertiary/aromatic N) is 1. The molecule has 1 aromatic heterocycles. The maximum atomic E-state index is 10.8. The van der Waals surface area contributed by atoms with E-state index in [9.17, 15) is 4.79 Å². The van der Waals surface area contributed by atoms with E-state index in [1.165, 1.54) is 6.20 Å². The van der Waals surface area contributed by atoms with E-state index in [-0.39, 0.29) is 0 Å². The Morgan fingerprint density at radius 1 is 1.71 bits per heavy atom. The van der Waals surface area contributed by atoms with E-state index < -0.39 is 11.9 Å². The SMILES string of the molecule is CC(Nc1ncc(N)cc1Br)C(N)=O. The standard InChI is InChI=1S/C8H11BrN4O/c1-4(7(11)14)13-8-6(9)2-5(10)3-12-8/h2-4H,10H2,1H3,(H2,11,14)(H,12,13). The summed E-state index contributed by atoms with van der Waals surface area (Å²) >= 11 is 3.27. The summed E-state index contributed by atoms with van der Waals surface area (Å²) in [5, 5.41) is 2.85. The van der Waals surface area contributed by atoms with Gasteiger partial charge in [-0.2, -0.15) is 0 Å². The largest absolute Gasteiger partial charge is 0.397 e. The van der Waals surface area contributed by atoms with Crippen LogP contribution in [0.15, 0.2) is 16.7 Å². The fraction of sp³-hybridized carbons (Fsp3) is 0.250. The molecule has 0 aromatic carbocycles. The van der Waals surface area contributed by atoms with Crippen LogP contribution < -0.4 is 16.8 Å². The second-order valence-corrected chi connectivity index (χ2v) is 3.72. The number of amides is 1. The lowest BCUT2D eigenvalue weighted by molar-refractivity contribution is -0.118. The second-order valence-electron chi connectivity index (χ2n) is 2.87. The van der Waals surface area contributed by atoms with Gasteiger partial charge in [0.2, 0.25) is 5.91 Å². The number of primary amides is 1. The monoisotopic (exact) mass is 258 g/mol. The van der Waals surface area contributed by atoms with Crippen molar-refractivity contribution in [2.24, 2.45) is 5.73 Å². The first kappa shape index (κ1) is 10.8. The molecule has 14 heavy (non-hydrogen) atoms. The summed E-state index contributed by atoms with van der Waals surface area (Å²) in [5.41, 5.74) is 11.2. The number of aromatic nitrogens is 1. The minimum atomic E-state index is -0.470. The number of carbonyl (C=O) groups excluding carboxylic acids is 1. The molecule has 1 heterocycles. The Balaban J connectivity index is 2.82. The molecule has 0 aliphatic heterocycles. The second kappa shape index (κ2) is 4.28. The van der Waals surface area contributed by atoms with Crippen LogP contribution in [-0.4, -0.2) is 16.9 Å². The molecule has 1 rings (SSSR count). The lowest BCUT2D eigenvalue weighted by Gasteiger charge is -2.12. The molecular formula is C8H11BrN4O. The number of hydrogen-bond donors (Lipinski definition) is 3. The van der Waals surface area contributed by atoms with Gasteiger partial charge in [0.25, 0.3) is 0 Å². The van der Waals surface area contributed by atoms with Crippen molar-refractivity contribution in [1.82, 2.24) is 4.98 Å². The highest BCUT2D eigenvalue weighted by Crippen LogP contribution is 2.22. The van der Waals surface area contributed by atoms with Crippen molar-refractivity contribution in [3.63, 3.8) is 0 Å². The number of carbonyl (C=O) groups is 1. The van der Waals surface area contributed by atoms with Crippen LogP contribution in [0.2, 0.25) is 0 Å². The molecule has 1 unspecified atom stereocenters. The zero-order chi connectivity index (χ0) is 10.7. The van der Waals surface area contributed by atoms with Gasteiger partial charge in [0.1, 0.15) is 11.9 Å². The van der Waals surface area contributed by atoms with Crippen LogP contribution in [0.25, 0.3) is 0 Å². The smallest absolute Gasteiger partial charge is 0.239 e. The summed E-state index contributed by atoms with van der Waals surface area (Å²) in [6.45, 7) is 1.66. The Hall–Kier alpha value is -1.30. The fourth-order valence-electron chi connectivity index (χ4n) is 0.835. The maximum Gasteiger partial charge on any atom is 0.239 e. The zero-order valence-corrected chi connectivity index (χ0v) is 9.21. The van der Waals surface area contributed by atoms with E-state index in [2.05, 4.69) is 26.2 Å². The van der Waals surface area contributed by atoms with Crippen LogP contribution in [-0.2, 0) is 4.79 Å². The number of hydrogen-bond acceptors (Lipinski definition) is 4. The van der Waals surface area contributed by atoms with Gasteiger partial charge in [0.15, 0.2) is 0 Å². The van der Waals surface area contributed by atoms with Crippen LogP contribution in [0.5, 0.6) is 0 Å². The Morgan fingerprint density at radius 2 is 2.36 bits per heavy atom. The minimum absolute atomic E-state index is 0.435. The topological polar surface area (TPSA) is 94.0 Å². The predicted octanol–water partition coefficient (Wildman–Crippen LogP) is 0.712. The van der Waals surface area contributed by atoms with Gasteiger partial charge < -0.3 is 16.8 Å². The molecule has 0 saturated heterocycles. The molecule has 1 aromatic rings. The van der Waals surface area contributed by atoms with Gasteiger partial charge in [-0.15, -0.1) is 0 Å². The lowest BCUT2D eigenvalue weighted by Crippen LogP contribution is -2.32. The van der Waals surface area contributed by atoms with Crippen molar-refractivity contribution in [1.29, 1.82) is 0 Å². The average molecular weight is 259 g/mol. The van der Waals surface area contributed by atoms with Crippen molar-refractivity contribution in [2.75, 3.05) is 11.1 Å². The third kappa shape index (κ3) is 2.59. The Bertz CT molecular complexity index is 355. The Kier molecular flexibility index (Phi) is 3.29. The minimum Gasteiger partial charge on any atom is -0.397 e. The van der Waals surface area contributed by atoms with Gasteiger partial charge in [0.05, 0.1) is 16.4 Å². The molecule has 5 nitrogen and oxygen atoms in total. The van der Waals surface area contributed by atoms with Crippen molar-refractivity contribution in [2.45, 2.75) is 13.0 Å². The highest BCUT2D eigenvalue weighted by atomic mass is 79.9. The van der Waals surface area contributed by atoms with E-state index in [0.717, 1.165) is 0 Å². The lowest BCUT2D eigenvalue weighted by atomic mass is 10.3. The van der Waals surface area contributed by atoms with Crippen LogP contribution in [0.1, 0.15) is 6.92 Å². The summed E-state index contributed by atoms with van der Waals surface area (Å²) in [6, 6.07) is 1.23. The molecule has 0 aliphatic carbocycles. The average Bonchev–Trinajstić information content (AvgIpc) is 2.09. The normalized spacial score (nSPS) is 12.1. The fourth-order valence-corrected chi connectivity index (χ4v) is 1.32. The summed E-state index contributed by atoms with van der Waals surface area (Å²) in [6.07, 6.45) is 1.50. The number of rotatable bonds is 3. The van der Waals surface area contributed by atoms with Crippen LogP contribution in [0, 0.1) is 0 Å². The number of anilines is 2. The summed E-state index contributed by atoms with van der Waals surface area (Å²) < 4.78 is 0.700. The number of halogens is 1. The van der Waals surface area contributed by atoms with Gasteiger partial charge >= 0.3 is 0 Å².